The van der Waals surface area contributed by atoms with Crippen LogP contribution in [-0.4, -0.2) is 43.2 Å². The third-order valence-corrected chi connectivity index (χ3v) is 4.23. The van der Waals surface area contributed by atoms with Crippen LogP contribution in [0.4, 0.5) is 4.39 Å². The lowest BCUT2D eigenvalue weighted by Gasteiger charge is -2.29. The van der Waals surface area contributed by atoms with Gasteiger partial charge in [-0.15, -0.1) is 12.4 Å². The van der Waals surface area contributed by atoms with Crippen LogP contribution in [0.5, 0.6) is 0 Å². The van der Waals surface area contributed by atoms with Gasteiger partial charge in [0.1, 0.15) is 5.82 Å². The summed E-state index contributed by atoms with van der Waals surface area (Å²) in [5.74, 6) is -0.112. The predicted molar refractivity (Wildman–Crippen MR) is 84.6 cm³/mol. The Balaban J connectivity index is 0.00000176. The van der Waals surface area contributed by atoms with Crippen molar-refractivity contribution in [2.24, 2.45) is 0 Å². The molecule has 4 nitrogen and oxygen atoms in total. The molecule has 0 bridgehead atoms. The van der Waals surface area contributed by atoms with Gasteiger partial charge in [-0.2, -0.15) is 0 Å². The highest BCUT2D eigenvalue weighted by Gasteiger charge is 2.31. The van der Waals surface area contributed by atoms with E-state index in [0.717, 1.165) is 31.5 Å². The number of rotatable bonds is 3. The van der Waals surface area contributed by atoms with Crippen LogP contribution in [0.1, 0.15) is 30.9 Å². The average molecular weight is 329 g/mol. The lowest BCUT2D eigenvalue weighted by Crippen LogP contribution is -2.45. The van der Waals surface area contributed by atoms with E-state index in [9.17, 15) is 9.18 Å². The predicted octanol–water partition coefficient (Wildman–Crippen LogP) is 2.29. The van der Waals surface area contributed by atoms with Gasteiger partial charge in [-0.1, -0.05) is 12.1 Å². The van der Waals surface area contributed by atoms with Crippen LogP contribution < -0.4 is 5.32 Å². The topological polar surface area (TPSA) is 41.6 Å². The highest BCUT2D eigenvalue weighted by molar-refractivity contribution is 5.85. The first-order valence-corrected chi connectivity index (χ1v) is 7.60. The van der Waals surface area contributed by atoms with Crippen LogP contribution in [-0.2, 0) is 9.53 Å². The maximum absolute atomic E-state index is 13.4. The number of likely N-dealkylation sites (tertiary alicyclic amines) is 1. The van der Waals surface area contributed by atoms with Crippen LogP contribution in [0.15, 0.2) is 24.3 Å². The highest BCUT2D eigenvalue weighted by Crippen LogP contribution is 2.32. The molecule has 0 spiro atoms. The number of benzene rings is 1. The third kappa shape index (κ3) is 3.97. The number of hydrogen-bond acceptors (Lipinski definition) is 3. The summed E-state index contributed by atoms with van der Waals surface area (Å²) in [6.07, 6.45) is 2.33. The number of carbonyl (C=O) groups excluding carboxylic acids is 1. The molecular formula is C16H22ClFN2O2. The number of nitrogens with one attached hydrogen (secondary N) is 1. The number of hydrogen-bond donors (Lipinski definition) is 1. The molecule has 1 aromatic carbocycles. The van der Waals surface area contributed by atoms with Crippen molar-refractivity contribution in [2.45, 2.75) is 31.3 Å². The standard InChI is InChI=1S/C16H21FN2O2.ClH/c17-13-4-1-3-12(9-13)15-5-2-7-19(15)16(20)10-14-11-21-8-6-18-14;/h1,3-4,9,14-15,18H,2,5-8,10-11H2;1H. The van der Waals surface area contributed by atoms with E-state index in [-0.39, 0.29) is 36.2 Å². The zero-order valence-electron chi connectivity index (χ0n) is 12.5. The fraction of sp³-hybridized carbons (Fsp3) is 0.562. The maximum atomic E-state index is 13.4. The van der Waals surface area contributed by atoms with E-state index in [1.807, 2.05) is 11.0 Å². The summed E-state index contributed by atoms with van der Waals surface area (Å²) >= 11 is 0. The molecule has 122 valence electrons. The smallest absolute Gasteiger partial charge is 0.224 e. The summed E-state index contributed by atoms with van der Waals surface area (Å²) in [6.45, 7) is 2.85. The summed E-state index contributed by atoms with van der Waals surface area (Å²) in [5.41, 5.74) is 0.897. The number of morpholine rings is 1. The normalized spacial score (nSPS) is 24.9. The van der Waals surface area contributed by atoms with Crippen molar-refractivity contribution in [3.05, 3.63) is 35.6 Å². The molecular weight excluding hydrogens is 307 g/mol. The van der Waals surface area contributed by atoms with Crippen LogP contribution >= 0.6 is 12.4 Å². The van der Waals surface area contributed by atoms with Gasteiger partial charge in [0.2, 0.25) is 5.91 Å². The van der Waals surface area contributed by atoms with Crippen LogP contribution in [0.3, 0.4) is 0 Å². The molecule has 22 heavy (non-hydrogen) atoms. The Morgan fingerprint density at radius 2 is 2.32 bits per heavy atom. The summed E-state index contributed by atoms with van der Waals surface area (Å²) in [4.78, 5) is 14.4. The minimum atomic E-state index is -0.242. The largest absolute Gasteiger partial charge is 0.378 e. The zero-order valence-corrected chi connectivity index (χ0v) is 13.3. The minimum absolute atomic E-state index is 0. The molecule has 2 heterocycles. The Morgan fingerprint density at radius 1 is 1.45 bits per heavy atom. The Bertz CT molecular complexity index is 509. The molecule has 2 unspecified atom stereocenters. The molecule has 0 saturated carbocycles. The fourth-order valence-corrected chi connectivity index (χ4v) is 3.20. The molecule has 0 aromatic heterocycles. The van der Waals surface area contributed by atoms with Crippen molar-refractivity contribution >= 4 is 18.3 Å². The van der Waals surface area contributed by atoms with E-state index in [0.29, 0.717) is 19.6 Å². The first kappa shape index (κ1) is 17.2. The number of nitrogens with zero attached hydrogens (tertiary/aromatic N) is 1. The molecule has 2 fully saturated rings. The zero-order chi connectivity index (χ0) is 14.7. The van der Waals surface area contributed by atoms with Crippen LogP contribution in [0, 0.1) is 5.82 Å². The molecule has 2 atom stereocenters. The summed E-state index contributed by atoms with van der Waals surface area (Å²) < 4.78 is 18.8. The lowest BCUT2D eigenvalue weighted by molar-refractivity contribution is -0.133. The number of carbonyl (C=O) groups is 1. The SMILES string of the molecule is Cl.O=C(CC1COCCN1)N1CCCC1c1cccc(F)c1. The van der Waals surface area contributed by atoms with Crippen LogP contribution in [0.2, 0.25) is 0 Å². The monoisotopic (exact) mass is 328 g/mol. The first-order valence-electron chi connectivity index (χ1n) is 7.60. The number of amides is 1. The molecule has 6 heteroatoms. The van der Waals surface area contributed by atoms with E-state index in [1.54, 1.807) is 6.07 Å². The molecule has 2 saturated heterocycles. The van der Waals surface area contributed by atoms with Crippen molar-refractivity contribution in [1.29, 1.82) is 0 Å². The Morgan fingerprint density at radius 3 is 3.05 bits per heavy atom. The fourth-order valence-electron chi connectivity index (χ4n) is 3.20. The summed E-state index contributed by atoms with van der Waals surface area (Å²) in [5, 5.41) is 3.30. The second-order valence-corrected chi connectivity index (χ2v) is 5.73. The second kappa shape index (κ2) is 7.90. The highest BCUT2D eigenvalue weighted by atomic mass is 35.5. The van der Waals surface area contributed by atoms with Crippen molar-refractivity contribution in [2.75, 3.05) is 26.3 Å². The van der Waals surface area contributed by atoms with Crippen molar-refractivity contribution in [3.8, 4) is 0 Å². The lowest BCUT2D eigenvalue weighted by atomic mass is 10.0. The molecule has 1 amide bonds. The average Bonchev–Trinajstić information content (AvgIpc) is 2.98. The number of ether oxygens (including phenoxy) is 1. The second-order valence-electron chi connectivity index (χ2n) is 5.73. The van der Waals surface area contributed by atoms with E-state index in [4.69, 9.17) is 4.74 Å². The molecule has 1 N–H and O–H groups in total. The Labute approximate surface area is 136 Å². The van der Waals surface area contributed by atoms with Gasteiger partial charge in [0.15, 0.2) is 0 Å². The molecule has 2 aliphatic heterocycles. The van der Waals surface area contributed by atoms with E-state index >= 15 is 0 Å². The van der Waals surface area contributed by atoms with E-state index in [2.05, 4.69) is 5.32 Å². The van der Waals surface area contributed by atoms with Gasteiger partial charge < -0.3 is 15.0 Å². The summed E-state index contributed by atoms with van der Waals surface area (Å²) in [7, 11) is 0. The van der Waals surface area contributed by atoms with Crippen molar-refractivity contribution in [3.63, 3.8) is 0 Å². The molecule has 0 radical (unpaired) electrons. The van der Waals surface area contributed by atoms with Crippen LogP contribution in [0.25, 0.3) is 0 Å². The Kier molecular flexibility index (Phi) is 6.17. The molecule has 1 aromatic rings. The maximum Gasteiger partial charge on any atom is 0.224 e. The quantitative estimate of drug-likeness (QED) is 0.925. The molecule has 2 aliphatic rings. The van der Waals surface area contributed by atoms with Gasteiger partial charge in [-0.05, 0) is 30.5 Å². The molecule has 3 rings (SSSR count). The van der Waals surface area contributed by atoms with E-state index < -0.39 is 0 Å². The van der Waals surface area contributed by atoms with Gasteiger partial charge in [-0.3, -0.25) is 4.79 Å². The van der Waals surface area contributed by atoms with Crippen molar-refractivity contribution in [1.82, 2.24) is 10.2 Å². The minimum Gasteiger partial charge on any atom is -0.378 e. The third-order valence-electron chi connectivity index (χ3n) is 4.23. The van der Waals surface area contributed by atoms with Gasteiger partial charge >= 0.3 is 0 Å². The van der Waals surface area contributed by atoms with Gasteiger partial charge in [-0.25, -0.2) is 4.39 Å². The van der Waals surface area contributed by atoms with Gasteiger partial charge in [0, 0.05) is 25.6 Å². The van der Waals surface area contributed by atoms with E-state index in [1.165, 1.54) is 12.1 Å². The van der Waals surface area contributed by atoms with Gasteiger partial charge in [0.05, 0.1) is 19.3 Å². The molecule has 0 aliphatic carbocycles. The first-order chi connectivity index (χ1) is 10.2. The van der Waals surface area contributed by atoms with Crippen molar-refractivity contribution < 1.29 is 13.9 Å². The Hall–Kier alpha value is -1.17. The number of halogens is 2. The summed E-state index contributed by atoms with van der Waals surface area (Å²) in [6, 6.07) is 6.70. The van der Waals surface area contributed by atoms with Gasteiger partial charge in [0.25, 0.3) is 0 Å².